The number of hydrogen-bond acceptors (Lipinski definition) is 4. The second-order valence-corrected chi connectivity index (χ2v) is 6.85. The maximum absolute atomic E-state index is 12.7. The minimum absolute atomic E-state index is 0.0973. The first-order valence-electron chi connectivity index (χ1n) is 9.23. The molecule has 4 rings (SSSR count). The van der Waals surface area contributed by atoms with Crippen molar-refractivity contribution < 1.29 is 14.3 Å². The molecule has 2 aromatic carbocycles. The number of carbonyl (C=O) groups is 1. The van der Waals surface area contributed by atoms with Gasteiger partial charge in [-0.15, -0.1) is 0 Å². The SMILES string of the molecule is COc1ccc(OC)c(-c2c(-c3ccccc3)ncn2[C@@H]2CCN(C)C2=O)c1. The van der Waals surface area contributed by atoms with Crippen molar-refractivity contribution in [2.75, 3.05) is 27.8 Å². The number of likely N-dealkylation sites (tertiary alicyclic amines) is 1. The molecule has 6 nitrogen and oxygen atoms in total. The number of imidazole rings is 1. The summed E-state index contributed by atoms with van der Waals surface area (Å²) >= 11 is 0. The molecule has 1 amide bonds. The molecule has 0 radical (unpaired) electrons. The molecular formula is C22H23N3O3. The van der Waals surface area contributed by atoms with Crippen molar-refractivity contribution >= 4 is 5.91 Å². The number of methoxy groups -OCH3 is 2. The molecular weight excluding hydrogens is 354 g/mol. The zero-order chi connectivity index (χ0) is 19.7. The third-order valence-electron chi connectivity index (χ3n) is 5.24. The number of ether oxygens (including phenoxy) is 2. The molecule has 3 aromatic rings. The monoisotopic (exact) mass is 377 g/mol. The highest BCUT2D eigenvalue weighted by molar-refractivity contribution is 5.87. The molecule has 28 heavy (non-hydrogen) atoms. The van der Waals surface area contributed by atoms with Gasteiger partial charge >= 0.3 is 0 Å². The maximum atomic E-state index is 12.7. The third-order valence-corrected chi connectivity index (χ3v) is 5.24. The molecule has 0 unspecified atom stereocenters. The van der Waals surface area contributed by atoms with E-state index < -0.39 is 0 Å². The average molecular weight is 377 g/mol. The van der Waals surface area contributed by atoms with Crippen LogP contribution in [0.3, 0.4) is 0 Å². The predicted octanol–water partition coefficient (Wildman–Crippen LogP) is 3.64. The van der Waals surface area contributed by atoms with E-state index >= 15 is 0 Å². The van der Waals surface area contributed by atoms with Crippen molar-refractivity contribution in [1.29, 1.82) is 0 Å². The van der Waals surface area contributed by atoms with Crippen LogP contribution in [0.1, 0.15) is 12.5 Å². The second-order valence-electron chi connectivity index (χ2n) is 6.85. The fraction of sp³-hybridized carbons (Fsp3) is 0.273. The Kier molecular flexibility index (Phi) is 4.77. The van der Waals surface area contributed by atoms with Crippen LogP contribution < -0.4 is 9.47 Å². The highest BCUT2D eigenvalue weighted by Gasteiger charge is 2.33. The first-order valence-corrected chi connectivity index (χ1v) is 9.23. The van der Waals surface area contributed by atoms with Gasteiger partial charge in [0, 0.05) is 24.7 Å². The summed E-state index contributed by atoms with van der Waals surface area (Å²) in [5.74, 6) is 1.52. The van der Waals surface area contributed by atoms with Gasteiger partial charge in [0.2, 0.25) is 5.91 Å². The third kappa shape index (κ3) is 3.01. The first-order chi connectivity index (χ1) is 13.6. The summed E-state index contributed by atoms with van der Waals surface area (Å²) in [6.07, 6.45) is 2.51. The lowest BCUT2D eigenvalue weighted by Crippen LogP contribution is -2.24. The molecule has 1 aromatic heterocycles. The largest absolute Gasteiger partial charge is 0.497 e. The Balaban J connectivity index is 1.96. The molecule has 6 heteroatoms. The maximum Gasteiger partial charge on any atom is 0.245 e. The average Bonchev–Trinajstić information content (AvgIpc) is 3.31. The second kappa shape index (κ2) is 7.38. The van der Waals surface area contributed by atoms with Gasteiger partial charge in [0.1, 0.15) is 17.5 Å². The summed E-state index contributed by atoms with van der Waals surface area (Å²) < 4.78 is 13.1. The Morgan fingerprint density at radius 2 is 1.86 bits per heavy atom. The molecule has 0 bridgehead atoms. The molecule has 2 heterocycles. The van der Waals surface area contributed by atoms with Gasteiger partial charge in [-0.05, 0) is 24.6 Å². The Labute approximate surface area is 164 Å². The number of amides is 1. The summed E-state index contributed by atoms with van der Waals surface area (Å²) in [5, 5.41) is 0. The molecule has 1 aliphatic heterocycles. The summed E-state index contributed by atoms with van der Waals surface area (Å²) in [7, 11) is 5.11. The number of carbonyl (C=O) groups excluding carboxylic acids is 1. The minimum atomic E-state index is -0.277. The van der Waals surface area contributed by atoms with Gasteiger partial charge in [-0.3, -0.25) is 4.79 Å². The molecule has 1 aliphatic rings. The molecule has 144 valence electrons. The molecule has 0 aliphatic carbocycles. The Morgan fingerprint density at radius 3 is 2.50 bits per heavy atom. The van der Waals surface area contributed by atoms with E-state index in [2.05, 4.69) is 0 Å². The van der Waals surface area contributed by atoms with E-state index in [-0.39, 0.29) is 11.9 Å². The molecule has 1 atom stereocenters. The van der Waals surface area contributed by atoms with Crippen molar-refractivity contribution in [2.45, 2.75) is 12.5 Å². The number of benzene rings is 2. The number of rotatable bonds is 5. The van der Waals surface area contributed by atoms with E-state index in [1.807, 2.05) is 60.1 Å². The quantitative estimate of drug-likeness (QED) is 0.681. The Hall–Kier alpha value is -3.28. The highest BCUT2D eigenvalue weighted by Crippen LogP contribution is 2.41. The topological polar surface area (TPSA) is 56.6 Å². The zero-order valence-corrected chi connectivity index (χ0v) is 16.3. The zero-order valence-electron chi connectivity index (χ0n) is 16.3. The first kappa shape index (κ1) is 18.1. The number of aromatic nitrogens is 2. The smallest absolute Gasteiger partial charge is 0.245 e. The fourth-order valence-corrected chi connectivity index (χ4v) is 3.73. The molecule has 0 N–H and O–H groups in total. The van der Waals surface area contributed by atoms with Gasteiger partial charge in [0.05, 0.1) is 31.9 Å². The number of nitrogens with zero attached hydrogens (tertiary/aromatic N) is 3. The van der Waals surface area contributed by atoms with Crippen LogP contribution >= 0.6 is 0 Å². The van der Waals surface area contributed by atoms with E-state index in [9.17, 15) is 4.79 Å². The summed E-state index contributed by atoms with van der Waals surface area (Å²) in [6, 6.07) is 15.4. The Morgan fingerprint density at radius 1 is 1.07 bits per heavy atom. The van der Waals surface area contributed by atoms with Crippen LogP contribution in [0.25, 0.3) is 22.5 Å². The van der Waals surface area contributed by atoms with E-state index in [1.54, 1.807) is 25.4 Å². The van der Waals surface area contributed by atoms with Crippen molar-refractivity contribution in [3.8, 4) is 34.0 Å². The van der Waals surface area contributed by atoms with Gasteiger partial charge in [0.25, 0.3) is 0 Å². The van der Waals surface area contributed by atoms with Crippen molar-refractivity contribution in [3.63, 3.8) is 0 Å². The summed E-state index contributed by atoms with van der Waals surface area (Å²) in [6.45, 7) is 0.733. The van der Waals surface area contributed by atoms with E-state index in [1.165, 1.54) is 0 Å². The van der Waals surface area contributed by atoms with Gasteiger partial charge in [-0.2, -0.15) is 0 Å². The summed E-state index contributed by atoms with van der Waals surface area (Å²) in [5.41, 5.74) is 3.51. The molecule has 0 saturated carbocycles. The van der Waals surface area contributed by atoms with Crippen molar-refractivity contribution in [2.24, 2.45) is 0 Å². The van der Waals surface area contributed by atoms with Crippen LogP contribution in [0.5, 0.6) is 11.5 Å². The normalized spacial score (nSPS) is 16.5. The standard InChI is InChI=1S/C22H23N3O3/c1-24-12-11-18(22(24)26)25-14-23-20(15-7-5-4-6-8-15)21(25)17-13-16(27-2)9-10-19(17)28-3/h4-10,13-14,18H,11-12H2,1-3H3/t18-/m1/s1. The van der Waals surface area contributed by atoms with E-state index in [4.69, 9.17) is 14.5 Å². The van der Waals surface area contributed by atoms with Crippen LogP contribution in [-0.4, -0.2) is 48.2 Å². The molecule has 1 saturated heterocycles. The Bertz CT molecular complexity index is 998. The lowest BCUT2D eigenvalue weighted by atomic mass is 10.0. The van der Waals surface area contributed by atoms with Crippen LogP contribution in [0, 0.1) is 0 Å². The predicted molar refractivity (Wildman–Crippen MR) is 107 cm³/mol. The van der Waals surface area contributed by atoms with Crippen molar-refractivity contribution in [3.05, 3.63) is 54.9 Å². The fourth-order valence-electron chi connectivity index (χ4n) is 3.73. The molecule has 0 spiro atoms. The number of likely N-dealkylation sites (N-methyl/N-ethyl adjacent to an activating group) is 1. The summed E-state index contributed by atoms with van der Waals surface area (Å²) in [4.78, 5) is 19.2. The lowest BCUT2D eigenvalue weighted by Gasteiger charge is -2.18. The lowest BCUT2D eigenvalue weighted by molar-refractivity contribution is -0.129. The molecule has 1 fully saturated rings. The van der Waals surface area contributed by atoms with Crippen LogP contribution in [0.15, 0.2) is 54.9 Å². The van der Waals surface area contributed by atoms with Gasteiger partial charge in [0.15, 0.2) is 0 Å². The van der Waals surface area contributed by atoms with Gasteiger partial charge in [-0.25, -0.2) is 4.98 Å². The van der Waals surface area contributed by atoms with Crippen LogP contribution in [0.2, 0.25) is 0 Å². The van der Waals surface area contributed by atoms with Gasteiger partial charge < -0.3 is 18.9 Å². The van der Waals surface area contributed by atoms with E-state index in [0.29, 0.717) is 5.75 Å². The van der Waals surface area contributed by atoms with Gasteiger partial charge in [-0.1, -0.05) is 30.3 Å². The van der Waals surface area contributed by atoms with E-state index in [0.717, 1.165) is 41.2 Å². The van der Waals surface area contributed by atoms with Crippen LogP contribution in [0.4, 0.5) is 0 Å². The number of hydrogen-bond donors (Lipinski definition) is 0. The highest BCUT2D eigenvalue weighted by atomic mass is 16.5. The minimum Gasteiger partial charge on any atom is -0.497 e. The van der Waals surface area contributed by atoms with Crippen LogP contribution in [-0.2, 0) is 4.79 Å². The van der Waals surface area contributed by atoms with Crippen molar-refractivity contribution in [1.82, 2.24) is 14.5 Å².